The first-order valence-electron chi connectivity index (χ1n) is 7.89. The molecule has 0 unspecified atom stereocenters. The number of rotatable bonds is 4. The van der Waals surface area contributed by atoms with E-state index in [1.807, 2.05) is 0 Å². The number of H-pyrrole nitrogens is 1. The van der Waals surface area contributed by atoms with Gasteiger partial charge in [-0.2, -0.15) is 0 Å². The molecule has 0 amide bonds. The third-order valence-electron chi connectivity index (χ3n) is 3.91. The Morgan fingerprint density at radius 3 is 2.73 bits per heavy atom. The molecule has 26 heavy (non-hydrogen) atoms. The Morgan fingerprint density at radius 2 is 2.08 bits per heavy atom. The van der Waals surface area contributed by atoms with Crippen molar-refractivity contribution in [3.63, 3.8) is 0 Å². The van der Waals surface area contributed by atoms with Gasteiger partial charge < -0.3 is 9.84 Å². The number of carboxylic acids is 1. The fourth-order valence-electron chi connectivity index (χ4n) is 2.64. The molecule has 1 aliphatic rings. The van der Waals surface area contributed by atoms with Gasteiger partial charge in [0.25, 0.3) is 5.88 Å². The van der Waals surface area contributed by atoms with E-state index in [2.05, 4.69) is 32.2 Å². The van der Waals surface area contributed by atoms with Crippen molar-refractivity contribution in [2.45, 2.75) is 30.6 Å². The summed E-state index contributed by atoms with van der Waals surface area (Å²) in [5.74, 6) is 4.54. The quantitative estimate of drug-likeness (QED) is 0.769. The molecule has 1 fully saturated rings. The van der Waals surface area contributed by atoms with Crippen molar-refractivity contribution in [3.8, 4) is 23.6 Å². The molecule has 0 aliphatic heterocycles. The van der Waals surface area contributed by atoms with Gasteiger partial charge in [-0.05, 0) is 24.8 Å². The van der Waals surface area contributed by atoms with Crippen molar-refractivity contribution in [2.75, 3.05) is 6.26 Å². The maximum Gasteiger partial charge on any atom is 0.359 e. The first-order valence-corrected chi connectivity index (χ1v) is 9.78. The van der Waals surface area contributed by atoms with E-state index in [9.17, 15) is 13.2 Å². The molecule has 0 atom stereocenters. The summed E-state index contributed by atoms with van der Waals surface area (Å²) in [6.45, 7) is 0. The fraction of sp³-hybridized carbons (Fsp3) is 0.375. The van der Waals surface area contributed by atoms with Gasteiger partial charge in [-0.1, -0.05) is 29.1 Å². The summed E-state index contributed by atoms with van der Waals surface area (Å²) in [4.78, 5) is 15.2. The van der Waals surface area contributed by atoms with Crippen LogP contribution in [0.4, 0.5) is 0 Å². The number of hydrogen-bond donors (Lipinski definition) is 2. The standard InChI is InChI=1S/C16H16N4O5S/c1-26(23,24)12-8-9-13(25-15-14(16(21)22)18-20-19-15)17-11(12)7-6-10-4-2-3-5-10/h8-10H,2-5H2,1H3,(H,21,22)(H,18,19,20). The van der Waals surface area contributed by atoms with Crippen LogP contribution in [0.3, 0.4) is 0 Å². The minimum absolute atomic E-state index is 0.00559. The molecule has 1 aliphatic carbocycles. The maximum atomic E-state index is 12.0. The van der Waals surface area contributed by atoms with Gasteiger partial charge in [0.1, 0.15) is 10.6 Å². The number of nitrogens with zero attached hydrogens (tertiary/aromatic N) is 3. The van der Waals surface area contributed by atoms with Crippen LogP contribution < -0.4 is 4.74 Å². The Balaban J connectivity index is 1.96. The van der Waals surface area contributed by atoms with Crippen LogP contribution in [0.5, 0.6) is 11.8 Å². The number of ether oxygens (including phenoxy) is 1. The number of sulfone groups is 1. The first kappa shape index (κ1) is 17.9. The van der Waals surface area contributed by atoms with Crippen LogP contribution in [-0.4, -0.2) is 46.1 Å². The van der Waals surface area contributed by atoms with Crippen molar-refractivity contribution in [1.82, 2.24) is 20.4 Å². The van der Waals surface area contributed by atoms with Gasteiger partial charge in [0, 0.05) is 18.2 Å². The zero-order chi connectivity index (χ0) is 18.7. The molecule has 136 valence electrons. The number of nitrogens with one attached hydrogen (secondary N) is 1. The third kappa shape index (κ3) is 4.00. The number of aromatic nitrogens is 4. The lowest BCUT2D eigenvalue weighted by atomic mass is 10.1. The topological polar surface area (TPSA) is 135 Å². The summed E-state index contributed by atoms with van der Waals surface area (Å²) >= 11 is 0. The van der Waals surface area contributed by atoms with Gasteiger partial charge in [-0.3, -0.25) is 0 Å². The molecule has 2 N–H and O–H groups in total. The van der Waals surface area contributed by atoms with Crippen LogP contribution in [0, 0.1) is 17.8 Å². The molecule has 2 aromatic rings. The highest BCUT2D eigenvalue weighted by atomic mass is 32.2. The summed E-state index contributed by atoms with van der Waals surface area (Å²) in [6.07, 6.45) is 5.26. The van der Waals surface area contributed by atoms with Crippen molar-refractivity contribution >= 4 is 15.8 Å². The number of carboxylic acid groups (broad SMARTS) is 1. The molecule has 0 saturated heterocycles. The van der Waals surface area contributed by atoms with Crippen molar-refractivity contribution in [1.29, 1.82) is 0 Å². The van der Waals surface area contributed by atoms with Gasteiger partial charge in [-0.15, -0.1) is 0 Å². The minimum atomic E-state index is -3.53. The Hall–Kier alpha value is -2.93. The van der Waals surface area contributed by atoms with Crippen LogP contribution in [0.25, 0.3) is 0 Å². The van der Waals surface area contributed by atoms with E-state index in [1.54, 1.807) is 0 Å². The van der Waals surface area contributed by atoms with E-state index < -0.39 is 15.8 Å². The highest BCUT2D eigenvalue weighted by Crippen LogP contribution is 2.25. The summed E-state index contributed by atoms with van der Waals surface area (Å²) in [5, 5.41) is 18.1. The van der Waals surface area contributed by atoms with Crippen molar-refractivity contribution in [2.24, 2.45) is 5.92 Å². The van der Waals surface area contributed by atoms with Gasteiger partial charge in [0.15, 0.2) is 9.84 Å². The molecule has 1 saturated carbocycles. The molecular formula is C16H16N4O5S. The average Bonchev–Trinajstić information content (AvgIpc) is 3.23. The Kier molecular flexibility index (Phi) is 4.90. The molecule has 0 radical (unpaired) electrons. The van der Waals surface area contributed by atoms with Gasteiger partial charge >= 0.3 is 5.97 Å². The number of pyridine rings is 1. The molecule has 0 bridgehead atoms. The van der Waals surface area contributed by atoms with Crippen molar-refractivity contribution < 1.29 is 23.1 Å². The normalized spacial score (nSPS) is 14.7. The van der Waals surface area contributed by atoms with Gasteiger partial charge in [0.05, 0.1) is 0 Å². The SMILES string of the molecule is CS(=O)(=O)c1ccc(Oc2nn[nH]c2C(=O)O)nc1C#CC1CCCC1. The third-order valence-corrected chi connectivity index (χ3v) is 5.04. The Bertz CT molecular complexity index is 997. The average molecular weight is 376 g/mol. The lowest BCUT2D eigenvalue weighted by molar-refractivity contribution is 0.0687. The molecule has 0 spiro atoms. The summed E-state index contributed by atoms with van der Waals surface area (Å²) in [7, 11) is -3.53. The predicted octanol–water partition coefficient (Wildman–Crippen LogP) is 1.64. The summed E-state index contributed by atoms with van der Waals surface area (Å²) < 4.78 is 29.3. The van der Waals surface area contributed by atoms with E-state index in [-0.39, 0.29) is 34.0 Å². The molecule has 9 nitrogen and oxygen atoms in total. The second-order valence-electron chi connectivity index (χ2n) is 5.92. The Labute approximate surface area is 149 Å². The largest absolute Gasteiger partial charge is 0.476 e. The van der Waals surface area contributed by atoms with Crippen LogP contribution in [0.1, 0.15) is 41.9 Å². The highest BCUT2D eigenvalue weighted by Gasteiger charge is 2.20. The molecule has 3 rings (SSSR count). The fourth-order valence-corrected chi connectivity index (χ4v) is 3.41. The summed E-state index contributed by atoms with van der Waals surface area (Å²) in [6, 6.07) is 2.65. The number of carbonyl (C=O) groups is 1. The van der Waals surface area contributed by atoms with E-state index >= 15 is 0 Å². The van der Waals surface area contributed by atoms with E-state index in [0.717, 1.165) is 31.9 Å². The molecule has 2 heterocycles. The Morgan fingerprint density at radius 1 is 1.35 bits per heavy atom. The van der Waals surface area contributed by atoms with Crippen LogP contribution in [0.15, 0.2) is 17.0 Å². The van der Waals surface area contributed by atoms with Gasteiger partial charge in [0.2, 0.25) is 11.6 Å². The van der Waals surface area contributed by atoms with E-state index in [0.29, 0.717) is 0 Å². The number of aromatic amines is 1. The maximum absolute atomic E-state index is 12.0. The zero-order valence-corrected chi connectivity index (χ0v) is 14.7. The first-order chi connectivity index (χ1) is 12.3. The van der Waals surface area contributed by atoms with Gasteiger partial charge in [-0.25, -0.2) is 23.3 Å². The minimum Gasteiger partial charge on any atom is -0.476 e. The smallest absolute Gasteiger partial charge is 0.359 e. The molecule has 2 aromatic heterocycles. The van der Waals surface area contributed by atoms with Crippen LogP contribution in [0.2, 0.25) is 0 Å². The molecule has 0 aromatic carbocycles. The zero-order valence-electron chi connectivity index (χ0n) is 13.9. The number of hydrogen-bond acceptors (Lipinski definition) is 7. The van der Waals surface area contributed by atoms with Crippen LogP contribution >= 0.6 is 0 Å². The van der Waals surface area contributed by atoms with E-state index in [4.69, 9.17) is 9.84 Å². The van der Waals surface area contributed by atoms with E-state index in [1.165, 1.54) is 12.1 Å². The number of aromatic carboxylic acids is 1. The monoisotopic (exact) mass is 376 g/mol. The second kappa shape index (κ2) is 7.13. The van der Waals surface area contributed by atoms with Crippen LogP contribution in [-0.2, 0) is 9.84 Å². The predicted molar refractivity (Wildman–Crippen MR) is 89.6 cm³/mol. The second-order valence-corrected chi connectivity index (χ2v) is 7.90. The lowest BCUT2D eigenvalue weighted by Gasteiger charge is -2.06. The highest BCUT2D eigenvalue weighted by molar-refractivity contribution is 7.90. The van der Waals surface area contributed by atoms with Crippen molar-refractivity contribution in [3.05, 3.63) is 23.5 Å². The molecule has 10 heteroatoms. The lowest BCUT2D eigenvalue weighted by Crippen LogP contribution is -2.05. The molecular weight excluding hydrogens is 360 g/mol. The summed E-state index contributed by atoms with van der Waals surface area (Å²) in [5.41, 5.74) is -0.269.